The third kappa shape index (κ3) is 1.52. The minimum Gasteiger partial charge on any atom is -0.241 e. The van der Waals surface area contributed by atoms with E-state index in [0.29, 0.717) is 0 Å². The van der Waals surface area contributed by atoms with Gasteiger partial charge in [0.05, 0.1) is 5.52 Å². The minimum atomic E-state index is 0.834. The lowest BCUT2D eigenvalue weighted by molar-refractivity contribution is 1.08. The maximum absolute atomic E-state index is 4.37. The molecular formula is C11H12N2. The summed E-state index contributed by atoms with van der Waals surface area (Å²) in [5.41, 5.74) is 2.37. The molecule has 0 aliphatic heterocycles. The SMILES string of the molecule is CCc1ccc2cnc(C)nc2c1. The first kappa shape index (κ1) is 8.17. The fourth-order valence-electron chi connectivity index (χ4n) is 1.38. The molecule has 2 heteroatoms. The first-order chi connectivity index (χ1) is 6.29. The Kier molecular flexibility index (Phi) is 1.97. The number of fused-ring (bicyclic) bond motifs is 1. The van der Waals surface area contributed by atoms with Crippen LogP contribution < -0.4 is 0 Å². The summed E-state index contributed by atoms with van der Waals surface area (Å²) in [7, 11) is 0. The van der Waals surface area contributed by atoms with Gasteiger partial charge in [-0.05, 0) is 25.0 Å². The number of aryl methyl sites for hydroxylation is 2. The summed E-state index contributed by atoms with van der Waals surface area (Å²) in [4.78, 5) is 8.52. The van der Waals surface area contributed by atoms with E-state index in [1.54, 1.807) is 0 Å². The number of hydrogen-bond donors (Lipinski definition) is 0. The number of hydrogen-bond acceptors (Lipinski definition) is 2. The molecule has 0 atom stereocenters. The molecule has 0 unspecified atom stereocenters. The van der Waals surface area contributed by atoms with Gasteiger partial charge in [-0.3, -0.25) is 0 Å². The molecule has 0 radical (unpaired) electrons. The summed E-state index contributed by atoms with van der Waals surface area (Å²) in [6, 6.07) is 6.33. The van der Waals surface area contributed by atoms with E-state index in [1.165, 1.54) is 5.56 Å². The zero-order chi connectivity index (χ0) is 9.26. The van der Waals surface area contributed by atoms with E-state index >= 15 is 0 Å². The molecule has 13 heavy (non-hydrogen) atoms. The Labute approximate surface area is 77.6 Å². The van der Waals surface area contributed by atoms with Gasteiger partial charge in [0.15, 0.2) is 0 Å². The van der Waals surface area contributed by atoms with Gasteiger partial charge in [-0.1, -0.05) is 19.1 Å². The molecule has 0 aliphatic rings. The van der Waals surface area contributed by atoms with E-state index in [9.17, 15) is 0 Å². The topological polar surface area (TPSA) is 25.8 Å². The molecule has 2 aromatic rings. The summed E-state index contributed by atoms with van der Waals surface area (Å²) >= 11 is 0. The lowest BCUT2D eigenvalue weighted by Crippen LogP contribution is -1.89. The Morgan fingerprint density at radius 2 is 2.15 bits per heavy atom. The van der Waals surface area contributed by atoms with Gasteiger partial charge in [0.1, 0.15) is 5.82 Å². The highest BCUT2D eigenvalue weighted by Gasteiger charge is 1.96. The molecule has 66 valence electrons. The van der Waals surface area contributed by atoms with Gasteiger partial charge in [0.25, 0.3) is 0 Å². The van der Waals surface area contributed by atoms with Crippen LogP contribution in [0.1, 0.15) is 18.3 Å². The van der Waals surface area contributed by atoms with E-state index in [2.05, 4.69) is 35.1 Å². The molecule has 2 nitrogen and oxygen atoms in total. The summed E-state index contributed by atoms with van der Waals surface area (Å²) in [6.45, 7) is 4.06. The average Bonchev–Trinajstić information content (AvgIpc) is 2.16. The van der Waals surface area contributed by atoms with Gasteiger partial charge in [0, 0.05) is 11.6 Å². The summed E-state index contributed by atoms with van der Waals surface area (Å²) in [6.07, 6.45) is 2.93. The van der Waals surface area contributed by atoms with Crippen molar-refractivity contribution in [2.24, 2.45) is 0 Å². The Bertz CT molecular complexity index is 435. The van der Waals surface area contributed by atoms with Crippen LogP contribution in [-0.4, -0.2) is 9.97 Å². The summed E-state index contributed by atoms with van der Waals surface area (Å²) < 4.78 is 0. The van der Waals surface area contributed by atoms with Crippen LogP contribution in [0.15, 0.2) is 24.4 Å². The van der Waals surface area contributed by atoms with Crippen LogP contribution in [0, 0.1) is 6.92 Å². The second kappa shape index (κ2) is 3.13. The minimum absolute atomic E-state index is 0.834. The van der Waals surface area contributed by atoms with Crippen LogP contribution in [0.3, 0.4) is 0 Å². The molecule has 0 bridgehead atoms. The lowest BCUT2D eigenvalue weighted by atomic mass is 10.1. The quantitative estimate of drug-likeness (QED) is 0.660. The van der Waals surface area contributed by atoms with E-state index < -0.39 is 0 Å². The first-order valence-corrected chi connectivity index (χ1v) is 4.52. The van der Waals surface area contributed by atoms with Crippen LogP contribution in [0.5, 0.6) is 0 Å². The molecule has 0 saturated carbocycles. The average molecular weight is 172 g/mol. The molecule has 1 aromatic heterocycles. The van der Waals surface area contributed by atoms with Crippen molar-refractivity contribution in [3.8, 4) is 0 Å². The van der Waals surface area contributed by atoms with E-state index in [1.807, 2.05) is 13.1 Å². The van der Waals surface area contributed by atoms with E-state index in [0.717, 1.165) is 23.1 Å². The normalized spacial score (nSPS) is 10.6. The molecule has 0 fully saturated rings. The Hall–Kier alpha value is -1.44. The largest absolute Gasteiger partial charge is 0.241 e. The summed E-state index contributed by atoms with van der Waals surface area (Å²) in [5, 5.41) is 1.11. The number of benzene rings is 1. The van der Waals surface area contributed by atoms with Crippen LogP contribution in [-0.2, 0) is 6.42 Å². The number of nitrogens with zero attached hydrogens (tertiary/aromatic N) is 2. The van der Waals surface area contributed by atoms with Gasteiger partial charge in [-0.25, -0.2) is 9.97 Å². The highest BCUT2D eigenvalue weighted by Crippen LogP contribution is 2.13. The zero-order valence-electron chi connectivity index (χ0n) is 7.91. The van der Waals surface area contributed by atoms with Crippen molar-refractivity contribution in [3.05, 3.63) is 35.8 Å². The monoisotopic (exact) mass is 172 g/mol. The van der Waals surface area contributed by atoms with Crippen LogP contribution >= 0.6 is 0 Å². The number of rotatable bonds is 1. The maximum Gasteiger partial charge on any atom is 0.125 e. The van der Waals surface area contributed by atoms with Crippen molar-refractivity contribution < 1.29 is 0 Å². The predicted octanol–water partition coefficient (Wildman–Crippen LogP) is 2.50. The van der Waals surface area contributed by atoms with E-state index in [4.69, 9.17) is 0 Å². The fraction of sp³-hybridized carbons (Fsp3) is 0.273. The third-order valence-electron chi connectivity index (χ3n) is 2.18. The molecule has 1 heterocycles. The Balaban J connectivity index is 2.68. The molecule has 0 saturated heterocycles. The van der Waals surface area contributed by atoms with Crippen molar-refractivity contribution in [1.29, 1.82) is 0 Å². The van der Waals surface area contributed by atoms with E-state index in [-0.39, 0.29) is 0 Å². The second-order valence-electron chi connectivity index (χ2n) is 3.16. The summed E-state index contributed by atoms with van der Waals surface area (Å²) in [5.74, 6) is 0.834. The Morgan fingerprint density at radius 1 is 1.31 bits per heavy atom. The van der Waals surface area contributed by atoms with Crippen molar-refractivity contribution in [2.75, 3.05) is 0 Å². The van der Waals surface area contributed by atoms with Crippen molar-refractivity contribution in [2.45, 2.75) is 20.3 Å². The number of aromatic nitrogens is 2. The Morgan fingerprint density at radius 3 is 2.92 bits per heavy atom. The second-order valence-corrected chi connectivity index (χ2v) is 3.16. The van der Waals surface area contributed by atoms with Crippen LogP contribution in [0.4, 0.5) is 0 Å². The van der Waals surface area contributed by atoms with Crippen molar-refractivity contribution in [3.63, 3.8) is 0 Å². The first-order valence-electron chi connectivity index (χ1n) is 4.52. The van der Waals surface area contributed by atoms with Crippen LogP contribution in [0.2, 0.25) is 0 Å². The molecule has 0 amide bonds. The molecule has 0 aliphatic carbocycles. The molecule has 1 aromatic carbocycles. The lowest BCUT2D eigenvalue weighted by Gasteiger charge is -2.00. The van der Waals surface area contributed by atoms with Gasteiger partial charge in [-0.2, -0.15) is 0 Å². The standard InChI is InChI=1S/C11H12N2/c1-3-9-4-5-10-7-12-8(2)13-11(10)6-9/h4-7H,3H2,1-2H3. The highest BCUT2D eigenvalue weighted by atomic mass is 14.9. The van der Waals surface area contributed by atoms with Gasteiger partial charge in [-0.15, -0.1) is 0 Å². The molecule has 0 N–H and O–H groups in total. The molecular weight excluding hydrogens is 160 g/mol. The van der Waals surface area contributed by atoms with Crippen LogP contribution in [0.25, 0.3) is 10.9 Å². The smallest absolute Gasteiger partial charge is 0.125 e. The highest BCUT2D eigenvalue weighted by molar-refractivity contribution is 5.78. The molecule has 2 rings (SSSR count). The van der Waals surface area contributed by atoms with Gasteiger partial charge in [0.2, 0.25) is 0 Å². The van der Waals surface area contributed by atoms with Crippen molar-refractivity contribution >= 4 is 10.9 Å². The fourth-order valence-corrected chi connectivity index (χ4v) is 1.38. The van der Waals surface area contributed by atoms with Crippen molar-refractivity contribution in [1.82, 2.24) is 9.97 Å². The maximum atomic E-state index is 4.37. The van der Waals surface area contributed by atoms with Gasteiger partial charge >= 0.3 is 0 Å². The molecule has 0 spiro atoms. The third-order valence-corrected chi connectivity index (χ3v) is 2.18. The predicted molar refractivity (Wildman–Crippen MR) is 53.7 cm³/mol. The zero-order valence-corrected chi connectivity index (χ0v) is 7.91. The van der Waals surface area contributed by atoms with Gasteiger partial charge < -0.3 is 0 Å².